The first kappa shape index (κ1) is 20.2. The summed E-state index contributed by atoms with van der Waals surface area (Å²) in [5, 5.41) is 8.99. The molecule has 7 heteroatoms. The zero-order valence-electron chi connectivity index (χ0n) is 19.8. The van der Waals surface area contributed by atoms with E-state index in [1.165, 1.54) is 23.7 Å². The molecule has 0 bridgehead atoms. The number of anilines is 1. The van der Waals surface area contributed by atoms with Gasteiger partial charge in [0.05, 0.1) is 0 Å². The summed E-state index contributed by atoms with van der Waals surface area (Å²) in [6.45, 7) is 3.48. The minimum Gasteiger partial charge on any atom is -0.456 e. The van der Waals surface area contributed by atoms with Crippen molar-refractivity contribution in [3.05, 3.63) is 81.9 Å². The average Bonchev–Trinajstić information content (AvgIpc) is 3.66. The second-order valence-electron chi connectivity index (χ2n) is 10.3. The Morgan fingerprint density at radius 2 is 1.81 bits per heavy atom. The molecule has 4 aliphatic heterocycles. The van der Waals surface area contributed by atoms with Gasteiger partial charge in [-0.05, 0) is 48.9 Å². The van der Waals surface area contributed by atoms with E-state index in [0.717, 1.165) is 61.2 Å². The van der Waals surface area contributed by atoms with E-state index < -0.39 is 17.0 Å². The van der Waals surface area contributed by atoms with Crippen molar-refractivity contribution in [3.63, 3.8) is 0 Å². The van der Waals surface area contributed by atoms with E-state index in [0.29, 0.717) is 17.1 Å². The molecule has 0 aromatic heterocycles. The van der Waals surface area contributed by atoms with Gasteiger partial charge in [0.2, 0.25) is 5.78 Å². The fourth-order valence-electron chi connectivity index (χ4n) is 7.12. The highest BCUT2D eigenvalue weighted by Gasteiger charge is 2.74. The van der Waals surface area contributed by atoms with Crippen LogP contribution in [-0.2, 0) is 23.1 Å². The zero-order chi connectivity index (χ0) is 24.2. The van der Waals surface area contributed by atoms with Gasteiger partial charge in [-0.2, -0.15) is 0 Å². The van der Waals surface area contributed by atoms with Crippen molar-refractivity contribution in [2.24, 2.45) is 10.2 Å². The SMILES string of the molecule is CC(=O)Oc1ccc2c(c1)Oc1c(cc3c4c1CCCN4CCC3)[C@@]21c2ccccc2C(=O)C12N=N2. The van der Waals surface area contributed by atoms with E-state index in [2.05, 4.69) is 21.2 Å². The highest BCUT2D eigenvalue weighted by Crippen LogP contribution is 2.68. The van der Waals surface area contributed by atoms with Crippen molar-refractivity contribution >= 4 is 17.4 Å². The van der Waals surface area contributed by atoms with Crippen molar-refractivity contribution in [2.45, 2.75) is 43.7 Å². The van der Waals surface area contributed by atoms with Crippen LogP contribution in [0.15, 0.2) is 58.8 Å². The van der Waals surface area contributed by atoms with Crippen molar-refractivity contribution in [3.8, 4) is 17.2 Å². The van der Waals surface area contributed by atoms with Crippen LogP contribution < -0.4 is 14.4 Å². The lowest BCUT2D eigenvalue weighted by Crippen LogP contribution is -2.46. The van der Waals surface area contributed by atoms with Gasteiger partial charge in [0.15, 0.2) is 0 Å². The molecule has 8 rings (SSSR count). The third-order valence-corrected chi connectivity index (χ3v) is 8.42. The summed E-state index contributed by atoms with van der Waals surface area (Å²) in [6.07, 6.45) is 4.07. The van der Waals surface area contributed by atoms with Crippen LogP contribution in [0.5, 0.6) is 17.2 Å². The Kier molecular flexibility index (Phi) is 3.71. The Balaban J connectivity index is 1.49. The number of benzene rings is 3. The van der Waals surface area contributed by atoms with E-state index in [-0.39, 0.29) is 5.78 Å². The summed E-state index contributed by atoms with van der Waals surface area (Å²) in [4.78, 5) is 28.1. The van der Waals surface area contributed by atoms with Gasteiger partial charge in [0.25, 0.3) is 5.66 Å². The smallest absolute Gasteiger partial charge is 0.308 e. The molecule has 0 saturated carbocycles. The minimum atomic E-state index is -1.24. The van der Waals surface area contributed by atoms with Gasteiger partial charge >= 0.3 is 5.97 Å². The van der Waals surface area contributed by atoms with E-state index in [9.17, 15) is 9.59 Å². The summed E-state index contributed by atoms with van der Waals surface area (Å²) in [7, 11) is 0. The van der Waals surface area contributed by atoms with Crippen LogP contribution >= 0.6 is 0 Å². The number of nitrogens with zero attached hydrogens (tertiary/aromatic N) is 3. The van der Waals surface area contributed by atoms with Crippen molar-refractivity contribution in [2.75, 3.05) is 18.0 Å². The largest absolute Gasteiger partial charge is 0.456 e. The number of rotatable bonds is 1. The molecule has 5 aliphatic rings. The quantitative estimate of drug-likeness (QED) is 0.359. The molecule has 0 fully saturated rings. The van der Waals surface area contributed by atoms with Crippen LogP contribution in [0.3, 0.4) is 0 Å². The Bertz CT molecular complexity index is 1570. The summed E-state index contributed by atoms with van der Waals surface area (Å²) < 4.78 is 12.1. The second-order valence-corrected chi connectivity index (χ2v) is 10.3. The molecule has 1 aliphatic carbocycles. The maximum atomic E-state index is 13.9. The summed E-state index contributed by atoms with van der Waals surface area (Å²) in [6, 6.07) is 15.5. The minimum absolute atomic E-state index is 0.0750. The number of fused-ring (bicyclic) bond motifs is 8. The Labute approximate surface area is 207 Å². The number of hydrogen-bond acceptors (Lipinski definition) is 7. The first-order valence-corrected chi connectivity index (χ1v) is 12.6. The van der Waals surface area contributed by atoms with Crippen molar-refractivity contribution < 1.29 is 19.1 Å². The number of aryl methyl sites for hydroxylation is 1. The van der Waals surface area contributed by atoms with Crippen LogP contribution in [0.4, 0.5) is 5.69 Å². The molecule has 0 radical (unpaired) electrons. The lowest BCUT2D eigenvalue weighted by Gasteiger charge is -2.44. The Morgan fingerprint density at radius 1 is 1.00 bits per heavy atom. The first-order chi connectivity index (χ1) is 17.5. The van der Waals surface area contributed by atoms with Gasteiger partial charge in [-0.25, -0.2) is 0 Å². The van der Waals surface area contributed by atoms with Crippen LogP contribution in [0.2, 0.25) is 0 Å². The standard InChI is InChI=1S/C29H23N3O4/c1-16(33)35-18-10-11-22-24(15-18)36-26-20-8-5-13-32-12-4-6-17(25(20)32)14-23(26)28(22)21-9-3-2-7-19(21)27(34)29(28)30-31-29/h2-3,7,9-11,14-15H,4-6,8,12-13H2,1H3/t28-/m1/s1. The maximum absolute atomic E-state index is 13.9. The number of ether oxygens (including phenoxy) is 2. The molecule has 3 aromatic carbocycles. The molecule has 36 heavy (non-hydrogen) atoms. The third-order valence-electron chi connectivity index (χ3n) is 8.42. The fraction of sp³-hybridized carbons (Fsp3) is 0.310. The molecule has 0 amide bonds. The highest BCUT2D eigenvalue weighted by atomic mass is 16.5. The predicted octanol–water partition coefficient (Wildman–Crippen LogP) is 5.11. The number of carbonyl (C=O) groups excluding carboxylic acids is 2. The number of hydrogen-bond donors (Lipinski definition) is 0. The van der Waals surface area contributed by atoms with E-state index in [1.807, 2.05) is 30.3 Å². The van der Waals surface area contributed by atoms with Gasteiger partial charge in [-0.1, -0.05) is 30.3 Å². The molecule has 2 spiro atoms. The predicted molar refractivity (Wildman–Crippen MR) is 131 cm³/mol. The fourth-order valence-corrected chi connectivity index (χ4v) is 7.12. The summed E-state index contributed by atoms with van der Waals surface area (Å²) in [5.74, 6) is 1.31. The summed E-state index contributed by atoms with van der Waals surface area (Å²) >= 11 is 0. The highest BCUT2D eigenvalue weighted by molar-refractivity contribution is 6.13. The van der Waals surface area contributed by atoms with Gasteiger partial charge in [0, 0.05) is 54.0 Å². The van der Waals surface area contributed by atoms with Crippen molar-refractivity contribution in [1.82, 2.24) is 0 Å². The Morgan fingerprint density at radius 3 is 2.61 bits per heavy atom. The Hall–Kier alpha value is -4.00. The third kappa shape index (κ3) is 2.25. The molecular formula is C29H23N3O4. The normalized spacial score (nSPS) is 23.0. The average molecular weight is 478 g/mol. The van der Waals surface area contributed by atoms with Gasteiger partial charge in [-0.3, -0.25) is 9.59 Å². The van der Waals surface area contributed by atoms with Gasteiger partial charge in [0.1, 0.15) is 22.7 Å². The lowest BCUT2D eigenvalue weighted by molar-refractivity contribution is -0.131. The zero-order valence-corrected chi connectivity index (χ0v) is 19.8. The number of ketones is 1. The lowest BCUT2D eigenvalue weighted by atomic mass is 9.63. The van der Waals surface area contributed by atoms with Crippen LogP contribution in [0.1, 0.15) is 57.9 Å². The van der Waals surface area contributed by atoms with Crippen LogP contribution in [-0.4, -0.2) is 30.5 Å². The monoisotopic (exact) mass is 477 g/mol. The molecule has 1 atom stereocenters. The maximum Gasteiger partial charge on any atom is 0.308 e. The topological polar surface area (TPSA) is 80.6 Å². The molecule has 3 aromatic rings. The molecular weight excluding hydrogens is 454 g/mol. The molecule has 7 nitrogen and oxygen atoms in total. The molecule has 0 unspecified atom stereocenters. The van der Waals surface area contributed by atoms with Gasteiger partial charge < -0.3 is 14.4 Å². The van der Waals surface area contributed by atoms with Crippen LogP contribution in [0.25, 0.3) is 0 Å². The molecule has 4 heterocycles. The van der Waals surface area contributed by atoms with Crippen molar-refractivity contribution in [1.29, 1.82) is 0 Å². The molecule has 0 N–H and O–H groups in total. The molecule has 0 saturated heterocycles. The first-order valence-electron chi connectivity index (χ1n) is 12.6. The van der Waals surface area contributed by atoms with E-state index >= 15 is 0 Å². The van der Waals surface area contributed by atoms with Gasteiger partial charge in [-0.15, -0.1) is 10.2 Å². The van der Waals surface area contributed by atoms with Crippen LogP contribution in [0, 0.1) is 0 Å². The number of Topliss-reactive ketones (excluding diaryl/α,β-unsaturated/α-hetero) is 1. The summed E-state index contributed by atoms with van der Waals surface area (Å²) in [5.41, 5.74) is 4.98. The van der Waals surface area contributed by atoms with E-state index in [1.54, 1.807) is 12.1 Å². The van der Waals surface area contributed by atoms with E-state index in [4.69, 9.17) is 9.47 Å². The number of carbonyl (C=O) groups is 2. The second kappa shape index (κ2) is 6.60. The molecule has 178 valence electrons. The number of esters is 1.